The molecular formula is C8H7F2NO2. The summed E-state index contributed by atoms with van der Waals surface area (Å²) in [6, 6.07) is 1.23. The fraction of sp³-hybridized carbons (Fsp3) is 0.250. The molecule has 13 heavy (non-hydrogen) atoms. The van der Waals surface area contributed by atoms with Gasteiger partial charge in [0.2, 0.25) is 5.95 Å². The van der Waals surface area contributed by atoms with Crippen LogP contribution in [0.15, 0.2) is 12.3 Å². The zero-order valence-electron chi connectivity index (χ0n) is 6.88. The highest BCUT2D eigenvalue weighted by Gasteiger charge is 2.12. The summed E-state index contributed by atoms with van der Waals surface area (Å²) in [4.78, 5) is 13.8. The Morgan fingerprint density at radius 2 is 2.31 bits per heavy atom. The molecule has 0 unspecified atom stereocenters. The number of rotatable bonds is 2. The highest BCUT2D eigenvalue weighted by atomic mass is 19.2. The Balaban J connectivity index is 2.89. The van der Waals surface area contributed by atoms with Crippen molar-refractivity contribution in [3.8, 4) is 0 Å². The SMILES string of the molecule is COC(=O)Cc1ccnc(F)c1F. The first kappa shape index (κ1) is 9.57. The molecule has 0 aliphatic heterocycles. The lowest BCUT2D eigenvalue weighted by Gasteiger charge is -2.00. The minimum absolute atomic E-state index is 0.0562. The Morgan fingerprint density at radius 3 is 2.92 bits per heavy atom. The van der Waals surface area contributed by atoms with Crippen molar-refractivity contribution in [1.29, 1.82) is 0 Å². The number of ether oxygens (including phenoxy) is 1. The number of pyridine rings is 1. The summed E-state index contributed by atoms with van der Waals surface area (Å²) in [5.74, 6) is -2.93. The number of nitrogens with zero attached hydrogens (tertiary/aromatic N) is 1. The Bertz CT molecular complexity index is 328. The molecule has 1 heterocycles. The quantitative estimate of drug-likeness (QED) is 0.513. The average molecular weight is 187 g/mol. The number of esters is 1. The zero-order valence-corrected chi connectivity index (χ0v) is 6.88. The number of hydrogen-bond acceptors (Lipinski definition) is 3. The van der Waals surface area contributed by atoms with E-state index in [1.54, 1.807) is 0 Å². The second kappa shape index (κ2) is 3.93. The van der Waals surface area contributed by atoms with Gasteiger partial charge in [-0.05, 0) is 6.07 Å². The van der Waals surface area contributed by atoms with Crippen LogP contribution in [0.3, 0.4) is 0 Å². The molecule has 3 nitrogen and oxygen atoms in total. The monoisotopic (exact) mass is 187 g/mol. The van der Waals surface area contributed by atoms with Gasteiger partial charge in [-0.1, -0.05) is 0 Å². The Morgan fingerprint density at radius 1 is 1.62 bits per heavy atom. The van der Waals surface area contributed by atoms with Gasteiger partial charge in [-0.3, -0.25) is 4.79 Å². The van der Waals surface area contributed by atoms with Crippen LogP contribution in [0, 0.1) is 11.8 Å². The van der Waals surface area contributed by atoms with Crippen LogP contribution in [0.1, 0.15) is 5.56 Å². The van der Waals surface area contributed by atoms with Crippen molar-refractivity contribution in [1.82, 2.24) is 4.98 Å². The second-order valence-corrected chi connectivity index (χ2v) is 2.33. The van der Waals surface area contributed by atoms with E-state index < -0.39 is 17.7 Å². The summed E-state index contributed by atoms with van der Waals surface area (Å²) < 4.78 is 29.6. The number of carbonyl (C=O) groups excluding carboxylic acids is 1. The molecule has 70 valence electrons. The van der Waals surface area contributed by atoms with Gasteiger partial charge in [-0.25, -0.2) is 9.37 Å². The van der Waals surface area contributed by atoms with E-state index in [0.29, 0.717) is 0 Å². The summed E-state index contributed by atoms with van der Waals surface area (Å²) in [6.07, 6.45) is 0.804. The predicted octanol–water partition coefficient (Wildman–Crippen LogP) is 1.08. The third kappa shape index (κ3) is 2.21. The third-order valence-corrected chi connectivity index (χ3v) is 1.49. The topological polar surface area (TPSA) is 39.2 Å². The van der Waals surface area contributed by atoms with Crippen molar-refractivity contribution in [2.45, 2.75) is 6.42 Å². The molecule has 0 aromatic carbocycles. The summed E-state index contributed by atoms with van der Waals surface area (Å²) in [5.41, 5.74) is -0.0562. The first-order chi connectivity index (χ1) is 6.15. The maximum atomic E-state index is 12.9. The van der Waals surface area contributed by atoms with Crippen LogP contribution >= 0.6 is 0 Å². The Kier molecular flexibility index (Phi) is 2.89. The number of halogens is 2. The standard InChI is InChI=1S/C8H7F2NO2/c1-13-6(12)4-5-2-3-11-8(10)7(5)9/h2-3H,4H2,1H3. The smallest absolute Gasteiger partial charge is 0.310 e. The summed E-state index contributed by atoms with van der Waals surface area (Å²) >= 11 is 0. The molecule has 0 fully saturated rings. The largest absolute Gasteiger partial charge is 0.469 e. The van der Waals surface area contributed by atoms with Crippen molar-refractivity contribution in [3.05, 3.63) is 29.6 Å². The van der Waals surface area contributed by atoms with E-state index >= 15 is 0 Å². The average Bonchev–Trinajstić information content (AvgIpc) is 2.13. The molecular weight excluding hydrogens is 180 g/mol. The Hall–Kier alpha value is -1.52. The maximum absolute atomic E-state index is 12.9. The summed E-state index contributed by atoms with van der Waals surface area (Å²) in [6.45, 7) is 0. The van der Waals surface area contributed by atoms with Crippen molar-refractivity contribution in [3.63, 3.8) is 0 Å². The van der Waals surface area contributed by atoms with Gasteiger partial charge in [-0.15, -0.1) is 0 Å². The summed E-state index contributed by atoms with van der Waals surface area (Å²) in [7, 11) is 1.18. The first-order valence-electron chi connectivity index (χ1n) is 3.51. The molecule has 1 aromatic heterocycles. The molecule has 0 spiro atoms. The molecule has 0 amide bonds. The van der Waals surface area contributed by atoms with Crippen LogP contribution < -0.4 is 0 Å². The van der Waals surface area contributed by atoms with Crippen molar-refractivity contribution in [2.75, 3.05) is 7.11 Å². The van der Waals surface area contributed by atoms with Gasteiger partial charge < -0.3 is 4.74 Å². The molecule has 0 saturated heterocycles. The minimum Gasteiger partial charge on any atom is -0.469 e. The van der Waals surface area contributed by atoms with Crippen LogP contribution in [0.25, 0.3) is 0 Å². The highest BCUT2D eigenvalue weighted by Crippen LogP contribution is 2.09. The van der Waals surface area contributed by atoms with Crippen LogP contribution in [0.5, 0.6) is 0 Å². The highest BCUT2D eigenvalue weighted by molar-refractivity contribution is 5.72. The summed E-state index contributed by atoms with van der Waals surface area (Å²) in [5, 5.41) is 0. The fourth-order valence-corrected chi connectivity index (χ4v) is 0.819. The molecule has 5 heteroatoms. The number of hydrogen-bond donors (Lipinski definition) is 0. The van der Waals surface area contributed by atoms with Crippen LogP contribution in [-0.4, -0.2) is 18.1 Å². The van der Waals surface area contributed by atoms with E-state index in [9.17, 15) is 13.6 Å². The van der Waals surface area contributed by atoms with Crippen molar-refractivity contribution < 1.29 is 18.3 Å². The van der Waals surface area contributed by atoms with Gasteiger partial charge in [-0.2, -0.15) is 4.39 Å². The molecule has 0 bridgehead atoms. The van der Waals surface area contributed by atoms with E-state index in [1.165, 1.54) is 13.2 Å². The molecule has 0 radical (unpaired) electrons. The van der Waals surface area contributed by atoms with Gasteiger partial charge in [0, 0.05) is 11.8 Å². The molecule has 0 saturated carbocycles. The van der Waals surface area contributed by atoms with Gasteiger partial charge in [0.1, 0.15) is 0 Å². The van der Waals surface area contributed by atoms with Crippen LogP contribution in [0.2, 0.25) is 0 Å². The van der Waals surface area contributed by atoms with E-state index in [2.05, 4.69) is 9.72 Å². The van der Waals surface area contributed by atoms with Crippen molar-refractivity contribution in [2.24, 2.45) is 0 Å². The molecule has 0 aliphatic carbocycles. The van der Waals surface area contributed by atoms with E-state index in [-0.39, 0.29) is 12.0 Å². The van der Waals surface area contributed by atoms with E-state index in [4.69, 9.17) is 0 Å². The predicted molar refractivity (Wildman–Crippen MR) is 39.9 cm³/mol. The van der Waals surface area contributed by atoms with Crippen LogP contribution in [-0.2, 0) is 16.0 Å². The molecule has 0 N–H and O–H groups in total. The number of carbonyl (C=O) groups is 1. The lowest BCUT2D eigenvalue weighted by molar-refractivity contribution is -0.139. The molecule has 1 aromatic rings. The Labute approximate surface area is 73.4 Å². The van der Waals surface area contributed by atoms with E-state index in [0.717, 1.165) is 6.20 Å². The van der Waals surface area contributed by atoms with Gasteiger partial charge in [0.15, 0.2) is 5.82 Å². The van der Waals surface area contributed by atoms with Gasteiger partial charge >= 0.3 is 5.97 Å². The van der Waals surface area contributed by atoms with E-state index in [1.807, 2.05) is 0 Å². The first-order valence-corrected chi connectivity index (χ1v) is 3.51. The minimum atomic E-state index is -1.21. The van der Waals surface area contributed by atoms with Crippen LogP contribution in [0.4, 0.5) is 8.78 Å². The fourth-order valence-electron chi connectivity index (χ4n) is 0.819. The number of aromatic nitrogens is 1. The lowest BCUT2D eigenvalue weighted by Crippen LogP contribution is -2.07. The zero-order chi connectivity index (χ0) is 9.84. The van der Waals surface area contributed by atoms with Gasteiger partial charge in [0.05, 0.1) is 13.5 Å². The molecule has 0 atom stereocenters. The molecule has 0 aliphatic rings. The normalized spacial score (nSPS) is 9.77. The third-order valence-electron chi connectivity index (χ3n) is 1.49. The molecule has 1 rings (SSSR count). The van der Waals surface area contributed by atoms with Gasteiger partial charge in [0.25, 0.3) is 0 Å². The second-order valence-electron chi connectivity index (χ2n) is 2.33. The lowest BCUT2D eigenvalue weighted by atomic mass is 10.2. The number of methoxy groups -OCH3 is 1. The van der Waals surface area contributed by atoms with Crippen molar-refractivity contribution >= 4 is 5.97 Å². The maximum Gasteiger partial charge on any atom is 0.310 e.